The molecule has 0 bridgehead atoms. The number of rotatable bonds is 4. The van der Waals surface area contributed by atoms with Crippen molar-refractivity contribution in [1.29, 1.82) is 0 Å². The van der Waals surface area contributed by atoms with E-state index in [2.05, 4.69) is 13.8 Å². The lowest BCUT2D eigenvalue weighted by molar-refractivity contribution is -0.131. The molecular formula is C13H16O2. The highest BCUT2D eigenvalue weighted by molar-refractivity contribution is 5.85. The number of hydrogen-bond donors (Lipinski definition) is 1. The molecule has 0 fully saturated rings. The summed E-state index contributed by atoms with van der Waals surface area (Å²) in [4.78, 5) is 10.3. The highest BCUT2D eigenvalue weighted by Crippen LogP contribution is 2.10. The van der Waals surface area contributed by atoms with Gasteiger partial charge in [-0.2, -0.15) is 0 Å². The standard InChI is InChI=1S/C13H16O2/c1-10(2)9-12-5-3-11(4-6-12)7-8-13(14)15/h3-8,10H,9H2,1-2H3,(H,14,15). The first-order valence-corrected chi connectivity index (χ1v) is 5.08. The third-order valence-corrected chi connectivity index (χ3v) is 2.04. The summed E-state index contributed by atoms with van der Waals surface area (Å²) in [5, 5.41) is 8.46. The van der Waals surface area contributed by atoms with E-state index in [1.54, 1.807) is 6.08 Å². The fourth-order valence-corrected chi connectivity index (χ4v) is 1.40. The Morgan fingerprint density at radius 2 is 1.93 bits per heavy atom. The highest BCUT2D eigenvalue weighted by atomic mass is 16.4. The van der Waals surface area contributed by atoms with Gasteiger partial charge in [-0.1, -0.05) is 38.1 Å². The van der Waals surface area contributed by atoms with Gasteiger partial charge in [-0.25, -0.2) is 4.79 Å². The molecule has 1 aromatic carbocycles. The molecule has 1 rings (SSSR count). The zero-order valence-electron chi connectivity index (χ0n) is 9.10. The van der Waals surface area contributed by atoms with Crippen molar-refractivity contribution < 1.29 is 9.90 Å². The molecule has 0 aromatic heterocycles. The zero-order chi connectivity index (χ0) is 11.3. The van der Waals surface area contributed by atoms with Crippen molar-refractivity contribution in [2.24, 2.45) is 5.92 Å². The summed E-state index contributed by atoms with van der Waals surface area (Å²) in [7, 11) is 0. The van der Waals surface area contributed by atoms with Gasteiger partial charge in [0.05, 0.1) is 0 Å². The van der Waals surface area contributed by atoms with Gasteiger partial charge in [-0.05, 0) is 29.5 Å². The van der Waals surface area contributed by atoms with Crippen LogP contribution >= 0.6 is 0 Å². The van der Waals surface area contributed by atoms with Crippen LogP contribution in [-0.2, 0) is 11.2 Å². The van der Waals surface area contributed by atoms with Crippen LogP contribution in [0.2, 0.25) is 0 Å². The summed E-state index contributed by atoms with van der Waals surface area (Å²) >= 11 is 0. The smallest absolute Gasteiger partial charge is 0.328 e. The second kappa shape index (κ2) is 5.35. The average molecular weight is 204 g/mol. The van der Waals surface area contributed by atoms with Gasteiger partial charge >= 0.3 is 5.97 Å². The lowest BCUT2D eigenvalue weighted by Crippen LogP contribution is -1.93. The molecule has 2 nitrogen and oxygen atoms in total. The molecule has 1 aromatic rings. The fraction of sp³-hybridized carbons (Fsp3) is 0.308. The van der Waals surface area contributed by atoms with Gasteiger partial charge in [0.2, 0.25) is 0 Å². The Bertz CT molecular complexity index is 347. The number of carboxylic acid groups (broad SMARTS) is 1. The van der Waals surface area contributed by atoms with Crippen molar-refractivity contribution >= 4 is 12.0 Å². The van der Waals surface area contributed by atoms with Crippen LogP contribution in [-0.4, -0.2) is 11.1 Å². The average Bonchev–Trinajstić information content (AvgIpc) is 2.16. The molecule has 0 aliphatic rings. The first-order valence-electron chi connectivity index (χ1n) is 5.08. The summed E-state index contributed by atoms with van der Waals surface area (Å²) in [6, 6.07) is 7.97. The van der Waals surface area contributed by atoms with E-state index in [0.717, 1.165) is 18.1 Å². The summed E-state index contributed by atoms with van der Waals surface area (Å²) in [5.41, 5.74) is 2.21. The molecule has 0 saturated carbocycles. The maximum absolute atomic E-state index is 10.3. The Morgan fingerprint density at radius 3 is 2.40 bits per heavy atom. The van der Waals surface area contributed by atoms with Gasteiger partial charge in [-0.3, -0.25) is 0 Å². The Hall–Kier alpha value is -1.57. The molecular weight excluding hydrogens is 188 g/mol. The molecule has 0 aliphatic heterocycles. The van der Waals surface area contributed by atoms with Crippen LogP contribution in [0.1, 0.15) is 25.0 Å². The van der Waals surface area contributed by atoms with Crippen molar-refractivity contribution in [3.8, 4) is 0 Å². The van der Waals surface area contributed by atoms with Crippen LogP contribution in [0.15, 0.2) is 30.3 Å². The molecule has 0 atom stereocenters. The Balaban J connectivity index is 2.68. The second-order valence-corrected chi connectivity index (χ2v) is 4.01. The lowest BCUT2D eigenvalue weighted by atomic mass is 10.0. The van der Waals surface area contributed by atoms with Crippen LogP contribution in [0.25, 0.3) is 6.08 Å². The molecule has 0 spiro atoms. The number of hydrogen-bond acceptors (Lipinski definition) is 1. The van der Waals surface area contributed by atoms with E-state index in [1.807, 2.05) is 24.3 Å². The molecule has 80 valence electrons. The van der Waals surface area contributed by atoms with E-state index < -0.39 is 5.97 Å². The summed E-state index contributed by atoms with van der Waals surface area (Å²) in [6.45, 7) is 4.36. The maximum atomic E-state index is 10.3. The second-order valence-electron chi connectivity index (χ2n) is 4.01. The quantitative estimate of drug-likeness (QED) is 0.765. The van der Waals surface area contributed by atoms with Crippen LogP contribution in [0.3, 0.4) is 0 Å². The number of benzene rings is 1. The minimum Gasteiger partial charge on any atom is -0.478 e. The summed E-state index contributed by atoms with van der Waals surface area (Å²) in [5.74, 6) is -0.272. The van der Waals surface area contributed by atoms with E-state index in [-0.39, 0.29) is 0 Å². The number of carbonyl (C=O) groups is 1. The largest absolute Gasteiger partial charge is 0.478 e. The van der Waals surface area contributed by atoms with Crippen molar-refractivity contribution in [3.63, 3.8) is 0 Å². The number of aliphatic carboxylic acids is 1. The van der Waals surface area contributed by atoms with E-state index in [1.165, 1.54) is 5.56 Å². The maximum Gasteiger partial charge on any atom is 0.328 e. The van der Waals surface area contributed by atoms with Crippen molar-refractivity contribution in [1.82, 2.24) is 0 Å². The Labute approximate surface area is 90.3 Å². The molecule has 15 heavy (non-hydrogen) atoms. The van der Waals surface area contributed by atoms with E-state index >= 15 is 0 Å². The summed E-state index contributed by atoms with van der Waals surface area (Å²) < 4.78 is 0. The van der Waals surface area contributed by atoms with Gasteiger partial charge < -0.3 is 5.11 Å². The van der Waals surface area contributed by atoms with Gasteiger partial charge in [0.25, 0.3) is 0 Å². The van der Waals surface area contributed by atoms with E-state index in [0.29, 0.717) is 5.92 Å². The SMILES string of the molecule is CC(C)Cc1ccc(C=CC(=O)O)cc1. The van der Waals surface area contributed by atoms with Crippen LogP contribution in [0, 0.1) is 5.92 Å². The molecule has 0 saturated heterocycles. The van der Waals surface area contributed by atoms with E-state index in [4.69, 9.17) is 5.11 Å². The highest BCUT2D eigenvalue weighted by Gasteiger charge is 1.97. The number of carboxylic acids is 1. The minimum absolute atomic E-state index is 0.644. The zero-order valence-corrected chi connectivity index (χ0v) is 9.10. The minimum atomic E-state index is -0.916. The predicted octanol–water partition coefficient (Wildman–Crippen LogP) is 2.98. The topological polar surface area (TPSA) is 37.3 Å². The fourth-order valence-electron chi connectivity index (χ4n) is 1.40. The molecule has 2 heteroatoms. The van der Waals surface area contributed by atoms with Crippen LogP contribution in [0.5, 0.6) is 0 Å². The summed E-state index contributed by atoms with van der Waals surface area (Å²) in [6.07, 6.45) is 3.81. The first kappa shape index (κ1) is 11.5. The molecule has 0 unspecified atom stereocenters. The van der Waals surface area contributed by atoms with Gasteiger partial charge in [0.1, 0.15) is 0 Å². The Morgan fingerprint density at radius 1 is 1.33 bits per heavy atom. The molecule has 0 radical (unpaired) electrons. The van der Waals surface area contributed by atoms with Crippen molar-refractivity contribution in [2.45, 2.75) is 20.3 Å². The Kier molecular flexibility index (Phi) is 4.10. The molecule has 1 N–H and O–H groups in total. The predicted molar refractivity (Wildman–Crippen MR) is 61.7 cm³/mol. The van der Waals surface area contributed by atoms with Gasteiger partial charge in [0.15, 0.2) is 0 Å². The third-order valence-electron chi connectivity index (χ3n) is 2.04. The molecule has 0 aliphatic carbocycles. The van der Waals surface area contributed by atoms with Crippen molar-refractivity contribution in [3.05, 3.63) is 41.5 Å². The molecule has 0 amide bonds. The first-order chi connectivity index (χ1) is 7.08. The molecule has 0 heterocycles. The van der Waals surface area contributed by atoms with E-state index in [9.17, 15) is 4.79 Å². The normalized spacial score (nSPS) is 11.1. The van der Waals surface area contributed by atoms with Crippen LogP contribution in [0.4, 0.5) is 0 Å². The lowest BCUT2D eigenvalue weighted by Gasteiger charge is -2.04. The van der Waals surface area contributed by atoms with Crippen LogP contribution < -0.4 is 0 Å². The third kappa shape index (κ3) is 4.45. The van der Waals surface area contributed by atoms with Crippen molar-refractivity contribution in [2.75, 3.05) is 0 Å². The van der Waals surface area contributed by atoms with Gasteiger partial charge in [0, 0.05) is 6.08 Å². The van der Waals surface area contributed by atoms with Gasteiger partial charge in [-0.15, -0.1) is 0 Å². The monoisotopic (exact) mass is 204 g/mol.